The summed E-state index contributed by atoms with van der Waals surface area (Å²) in [6.45, 7) is 0.372. The second kappa shape index (κ2) is 6.99. The Hall–Kier alpha value is -2.16. The fourth-order valence-electron chi connectivity index (χ4n) is 2.56. The van der Waals surface area contributed by atoms with Crippen molar-refractivity contribution in [2.75, 3.05) is 6.54 Å². The number of hydrogen-bond donors (Lipinski definition) is 2. The molecular formula is C15H15Cl2N5O3. The second-order valence-corrected chi connectivity index (χ2v) is 6.63. The van der Waals surface area contributed by atoms with Gasteiger partial charge in [-0.2, -0.15) is 5.10 Å². The Labute approximate surface area is 153 Å². The van der Waals surface area contributed by atoms with Crippen LogP contribution in [0.1, 0.15) is 23.3 Å². The molecule has 0 spiro atoms. The highest BCUT2D eigenvalue weighted by Gasteiger charge is 2.31. The molecule has 0 radical (unpaired) electrons. The summed E-state index contributed by atoms with van der Waals surface area (Å²) in [5.74, 6) is 0.0878. The highest BCUT2D eigenvalue weighted by molar-refractivity contribution is 6.38. The number of benzene rings is 1. The number of nitrogens with one attached hydrogen (secondary N) is 1. The molecule has 1 aliphatic rings. The molecule has 1 aromatic carbocycles. The number of nitro groups is 1. The van der Waals surface area contributed by atoms with Gasteiger partial charge in [-0.25, -0.2) is 4.68 Å². The van der Waals surface area contributed by atoms with Crippen LogP contribution in [-0.2, 0) is 0 Å². The molecule has 3 rings (SSSR count). The SMILES string of the molecule is NCC(NC(=O)c1ccn(-c2c(Cl)cc([N+](=O)[O-])cc2Cl)n1)C1CC1. The van der Waals surface area contributed by atoms with Crippen LogP contribution in [0, 0.1) is 16.0 Å². The minimum Gasteiger partial charge on any atom is -0.346 e. The van der Waals surface area contributed by atoms with Crippen LogP contribution in [0.25, 0.3) is 5.69 Å². The van der Waals surface area contributed by atoms with Crippen molar-refractivity contribution in [1.82, 2.24) is 15.1 Å². The van der Waals surface area contributed by atoms with Crippen LogP contribution in [0.15, 0.2) is 24.4 Å². The summed E-state index contributed by atoms with van der Waals surface area (Å²) in [7, 11) is 0. The van der Waals surface area contributed by atoms with Crippen LogP contribution >= 0.6 is 23.2 Å². The summed E-state index contributed by atoms with van der Waals surface area (Å²) in [4.78, 5) is 22.6. The molecule has 1 aliphatic carbocycles. The molecule has 1 atom stereocenters. The molecule has 3 N–H and O–H groups in total. The van der Waals surface area contributed by atoms with Gasteiger partial charge in [0.2, 0.25) is 0 Å². The molecule has 0 saturated heterocycles. The number of non-ortho nitro benzene ring substituents is 1. The van der Waals surface area contributed by atoms with E-state index in [0.717, 1.165) is 12.8 Å². The molecule has 0 aliphatic heterocycles. The van der Waals surface area contributed by atoms with Gasteiger partial charge in [0.05, 0.1) is 15.0 Å². The summed E-state index contributed by atoms with van der Waals surface area (Å²) in [5.41, 5.74) is 5.92. The number of hydrogen-bond acceptors (Lipinski definition) is 5. The van der Waals surface area contributed by atoms with Crippen molar-refractivity contribution >= 4 is 34.8 Å². The minimum atomic E-state index is -0.589. The van der Waals surface area contributed by atoms with E-state index in [1.165, 1.54) is 29.1 Å². The fraction of sp³-hybridized carbons (Fsp3) is 0.333. The number of nitro benzene ring substituents is 1. The van der Waals surface area contributed by atoms with Gasteiger partial charge in [0.15, 0.2) is 5.69 Å². The molecular weight excluding hydrogens is 369 g/mol. The molecule has 1 heterocycles. The first-order valence-corrected chi connectivity index (χ1v) is 8.36. The Balaban J connectivity index is 1.84. The zero-order valence-electron chi connectivity index (χ0n) is 13.0. The van der Waals surface area contributed by atoms with Gasteiger partial charge in [0.25, 0.3) is 11.6 Å². The van der Waals surface area contributed by atoms with E-state index in [-0.39, 0.29) is 39.1 Å². The fourth-order valence-corrected chi connectivity index (χ4v) is 3.20. The third-order valence-corrected chi connectivity index (χ3v) is 4.60. The number of nitrogens with zero attached hydrogens (tertiary/aromatic N) is 3. The van der Waals surface area contributed by atoms with E-state index < -0.39 is 4.92 Å². The lowest BCUT2D eigenvalue weighted by molar-refractivity contribution is -0.384. The lowest BCUT2D eigenvalue weighted by Crippen LogP contribution is -2.41. The average Bonchev–Trinajstić information content (AvgIpc) is 3.29. The largest absolute Gasteiger partial charge is 0.346 e. The van der Waals surface area contributed by atoms with E-state index in [4.69, 9.17) is 28.9 Å². The van der Waals surface area contributed by atoms with Gasteiger partial charge in [0, 0.05) is 30.9 Å². The molecule has 1 unspecified atom stereocenters. The first-order valence-electron chi connectivity index (χ1n) is 7.61. The summed E-state index contributed by atoms with van der Waals surface area (Å²) in [6.07, 6.45) is 3.64. The number of halogens is 2. The molecule has 8 nitrogen and oxygen atoms in total. The number of carbonyl (C=O) groups excluding carboxylic acids is 1. The van der Waals surface area contributed by atoms with Crippen molar-refractivity contribution in [2.24, 2.45) is 11.7 Å². The smallest absolute Gasteiger partial charge is 0.272 e. The highest BCUT2D eigenvalue weighted by Crippen LogP contribution is 2.33. The lowest BCUT2D eigenvalue weighted by Gasteiger charge is -2.14. The van der Waals surface area contributed by atoms with Crippen molar-refractivity contribution < 1.29 is 9.72 Å². The molecule has 1 amide bonds. The van der Waals surface area contributed by atoms with E-state index in [2.05, 4.69) is 10.4 Å². The summed E-state index contributed by atoms with van der Waals surface area (Å²) in [6, 6.07) is 3.82. The number of nitrogens with two attached hydrogens (primary N) is 1. The first-order chi connectivity index (χ1) is 11.9. The Morgan fingerprint density at radius 1 is 1.44 bits per heavy atom. The topological polar surface area (TPSA) is 116 Å². The normalized spacial score (nSPS) is 15.0. The van der Waals surface area contributed by atoms with E-state index >= 15 is 0 Å². The monoisotopic (exact) mass is 383 g/mol. The zero-order chi connectivity index (χ0) is 18.1. The molecule has 0 bridgehead atoms. The number of amides is 1. The number of aromatic nitrogens is 2. The van der Waals surface area contributed by atoms with Crippen molar-refractivity contribution in [2.45, 2.75) is 18.9 Å². The third-order valence-electron chi connectivity index (χ3n) is 4.02. The van der Waals surface area contributed by atoms with Crippen molar-refractivity contribution in [1.29, 1.82) is 0 Å². The Morgan fingerprint density at radius 3 is 2.60 bits per heavy atom. The highest BCUT2D eigenvalue weighted by atomic mass is 35.5. The van der Waals surface area contributed by atoms with Crippen LogP contribution in [0.5, 0.6) is 0 Å². The van der Waals surface area contributed by atoms with Gasteiger partial charge in [0.1, 0.15) is 5.69 Å². The molecule has 2 aromatic rings. The average molecular weight is 384 g/mol. The maximum atomic E-state index is 12.3. The van der Waals surface area contributed by atoms with E-state index in [1.807, 2.05) is 0 Å². The molecule has 1 fully saturated rings. The van der Waals surface area contributed by atoms with Crippen molar-refractivity contribution in [3.05, 3.63) is 50.2 Å². The van der Waals surface area contributed by atoms with Gasteiger partial charge < -0.3 is 11.1 Å². The predicted molar refractivity (Wildman–Crippen MR) is 93.3 cm³/mol. The van der Waals surface area contributed by atoms with Crippen LogP contribution in [-0.4, -0.2) is 33.2 Å². The summed E-state index contributed by atoms with van der Waals surface area (Å²) >= 11 is 12.2. The van der Waals surface area contributed by atoms with Crippen molar-refractivity contribution in [3.8, 4) is 5.69 Å². The van der Waals surface area contributed by atoms with Crippen LogP contribution in [0.2, 0.25) is 10.0 Å². The first kappa shape index (κ1) is 17.7. The van der Waals surface area contributed by atoms with E-state index in [1.54, 1.807) is 0 Å². The van der Waals surface area contributed by atoms with Crippen LogP contribution in [0.4, 0.5) is 5.69 Å². The van der Waals surface area contributed by atoms with Gasteiger partial charge >= 0.3 is 0 Å². The Morgan fingerprint density at radius 2 is 2.08 bits per heavy atom. The molecule has 25 heavy (non-hydrogen) atoms. The second-order valence-electron chi connectivity index (χ2n) is 5.81. The zero-order valence-corrected chi connectivity index (χ0v) is 14.5. The summed E-state index contributed by atoms with van der Waals surface area (Å²) < 4.78 is 1.32. The van der Waals surface area contributed by atoms with Crippen LogP contribution < -0.4 is 11.1 Å². The van der Waals surface area contributed by atoms with Crippen molar-refractivity contribution in [3.63, 3.8) is 0 Å². The number of carbonyl (C=O) groups is 1. The Bertz CT molecular complexity index is 811. The third kappa shape index (κ3) is 3.76. The van der Waals surface area contributed by atoms with E-state index in [9.17, 15) is 14.9 Å². The van der Waals surface area contributed by atoms with Crippen LogP contribution in [0.3, 0.4) is 0 Å². The molecule has 10 heteroatoms. The standard InChI is InChI=1S/C15H15Cl2N5O3/c16-10-5-9(22(24)25)6-11(17)14(10)21-4-3-12(20-21)15(23)19-13(7-18)8-1-2-8/h3-6,8,13H,1-2,7,18H2,(H,19,23). The maximum absolute atomic E-state index is 12.3. The van der Waals surface area contributed by atoms with E-state index in [0.29, 0.717) is 12.5 Å². The lowest BCUT2D eigenvalue weighted by atomic mass is 10.2. The number of rotatable bonds is 6. The van der Waals surface area contributed by atoms with Gasteiger partial charge in [-0.3, -0.25) is 14.9 Å². The molecule has 1 aromatic heterocycles. The predicted octanol–water partition coefficient (Wildman–Crippen LogP) is 2.55. The van der Waals surface area contributed by atoms with Gasteiger partial charge in [-0.1, -0.05) is 23.2 Å². The molecule has 1 saturated carbocycles. The quantitative estimate of drug-likeness (QED) is 0.587. The minimum absolute atomic E-state index is 0.0621. The summed E-state index contributed by atoms with van der Waals surface area (Å²) in [5, 5.41) is 18.0. The maximum Gasteiger partial charge on any atom is 0.272 e. The Kier molecular flexibility index (Phi) is 4.94. The van der Waals surface area contributed by atoms with Gasteiger partial charge in [-0.05, 0) is 24.8 Å². The molecule has 132 valence electrons. The van der Waals surface area contributed by atoms with Gasteiger partial charge in [-0.15, -0.1) is 0 Å².